The van der Waals surface area contributed by atoms with Gasteiger partial charge in [-0.05, 0) is 18.2 Å². The average molecular weight is 310 g/mol. The Morgan fingerprint density at radius 1 is 1.29 bits per heavy atom. The Morgan fingerprint density at radius 2 is 2.10 bits per heavy atom. The lowest BCUT2D eigenvalue weighted by Crippen LogP contribution is -2.14. The molecule has 0 spiro atoms. The second kappa shape index (κ2) is 7.10. The minimum Gasteiger partial charge on any atom is -0.497 e. The van der Waals surface area contributed by atoms with Crippen LogP contribution in [0.3, 0.4) is 0 Å². The van der Waals surface area contributed by atoms with E-state index in [0.717, 1.165) is 0 Å². The van der Waals surface area contributed by atoms with Gasteiger partial charge in [-0.25, -0.2) is 4.98 Å². The summed E-state index contributed by atoms with van der Waals surface area (Å²) in [6.45, 7) is 0.235. The summed E-state index contributed by atoms with van der Waals surface area (Å²) in [7, 11) is 3.12. The fourth-order valence-electron chi connectivity index (χ4n) is 1.84. The molecule has 2 aromatic rings. The van der Waals surface area contributed by atoms with E-state index in [-0.39, 0.29) is 11.7 Å². The molecule has 0 bridgehead atoms. The van der Waals surface area contributed by atoms with Crippen molar-refractivity contribution in [3.05, 3.63) is 41.3 Å². The number of nitrogens with one attached hydrogen (secondary N) is 1. The lowest BCUT2D eigenvalue weighted by molar-refractivity contribution is 0.186. The first-order valence-corrected chi connectivity index (χ1v) is 6.63. The molecule has 1 aromatic carbocycles. The molecule has 0 amide bonds. The molecule has 7 heteroatoms. The molecule has 1 heterocycles. The average Bonchev–Trinajstić information content (AvgIpc) is 2.52. The number of methoxy groups -OCH3 is 2. The molecule has 0 aliphatic rings. The van der Waals surface area contributed by atoms with Crippen molar-refractivity contribution < 1.29 is 14.6 Å². The topological polar surface area (TPSA) is 76.5 Å². The molecule has 1 atom stereocenters. The van der Waals surface area contributed by atoms with Gasteiger partial charge in [0, 0.05) is 12.1 Å². The van der Waals surface area contributed by atoms with Crippen LogP contribution in [0.25, 0.3) is 0 Å². The van der Waals surface area contributed by atoms with Gasteiger partial charge >= 0.3 is 0 Å². The maximum absolute atomic E-state index is 10.3. The Labute approximate surface area is 127 Å². The van der Waals surface area contributed by atoms with Gasteiger partial charge in [0.2, 0.25) is 0 Å². The third-order valence-electron chi connectivity index (χ3n) is 2.88. The molecule has 0 radical (unpaired) electrons. The molecule has 0 aliphatic carbocycles. The molecule has 0 aliphatic heterocycles. The van der Waals surface area contributed by atoms with Crippen LogP contribution in [0.1, 0.15) is 11.7 Å². The van der Waals surface area contributed by atoms with Gasteiger partial charge in [0.25, 0.3) is 0 Å². The molecular weight excluding hydrogens is 294 g/mol. The van der Waals surface area contributed by atoms with Gasteiger partial charge in [0.05, 0.1) is 32.7 Å². The van der Waals surface area contributed by atoms with Crippen molar-refractivity contribution in [2.24, 2.45) is 0 Å². The summed E-state index contributed by atoms with van der Waals surface area (Å²) in [6, 6.07) is 5.25. The molecular formula is C14H16ClN3O3. The van der Waals surface area contributed by atoms with Gasteiger partial charge in [-0.1, -0.05) is 11.6 Å². The molecule has 6 nitrogen and oxygen atoms in total. The number of aliphatic hydroxyl groups excluding tert-OH is 1. The zero-order valence-electron chi connectivity index (χ0n) is 11.7. The van der Waals surface area contributed by atoms with E-state index in [9.17, 15) is 5.11 Å². The number of hydrogen-bond donors (Lipinski definition) is 2. The standard InChI is InChI=1S/C14H16ClN3O3/c1-20-9-3-4-12(21-2)10(5-9)11(19)6-17-14-8-16-7-13(15)18-14/h3-5,7-8,11,19H,6H2,1-2H3,(H,17,18). The van der Waals surface area contributed by atoms with E-state index in [1.807, 2.05) is 0 Å². The summed E-state index contributed by atoms with van der Waals surface area (Å²) >= 11 is 5.75. The van der Waals surface area contributed by atoms with Crippen LogP contribution in [0, 0.1) is 0 Å². The van der Waals surface area contributed by atoms with Crippen molar-refractivity contribution in [2.75, 3.05) is 26.1 Å². The van der Waals surface area contributed by atoms with E-state index in [1.165, 1.54) is 12.4 Å². The number of rotatable bonds is 6. The summed E-state index contributed by atoms with van der Waals surface area (Å²) in [5.74, 6) is 1.72. The molecule has 0 saturated carbocycles. The predicted molar refractivity (Wildman–Crippen MR) is 80.0 cm³/mol. The van der Waals surface area contributed by atoms with Crippen LogP contribution in [0.5, 0.6) is 11.5 Å². The fraction of sp³-hybridized carbons (Fsp3) is 0.286. The maximum Gasteiger partial charge on any atom is 0.149 e. The highest BCUT2D eigenvalue weighted by molar-refractivity contribution is 6.29. The quantitative estimate of drug-likeness (QED) is 0.852. The van der Waals surface area contributed by atoms with Crippen molar-refractivity contribution >= 4 is 17.4 Å². The van der Waals surface area contributed by atoms with Crippen LogP contribution < -0.4 is 14.8 Å². The summed E-state index contributed by atoms with van der Waals surface area (Å²) in [6.07, 6.45) is 2.17. The third-order valence-corrected chi connectivity index (χ3v) is 3.06. The van der Waals surface area contributed by atoms with E-state index < -0.39 is 6.10 Å². The largest absolute Gasteiger partial charge is 0.497 e. The summed E-state index contributed by atoms with van der Waals surface area (Å²) in [5.41, 5.74) is 0.624. The van der Waals surface area contributed by atoms with E-state index >= 15 is 0 Å². The number of benzene rings is 1. The second-order valence-electron chi connectivity index (χ2n) is 4.23. The Balaban J connectivity index is 2.10. The highest BCUT2D eigenvalue weighted by atomic mass is 35.5. The van der Waals surface area contributed by atoms with Crippen molar-refractivity contribution in [1.82, 2.24) is 9.97 Å². The second-order valence-corrected chi connectivity index (χ2v) is 4.62. The zero-order valence-corrected chi connectivity index (χ0v) is 12.5. The van der Waals surface area contributed by atoms with Gasteiger partial charge in [-0.3, -0.25) is 4.98 Å². The molecule has 21 heavy (non-hydrogen) atoms. The van der Waals surface area contributed by atoms with Gasteiger partial charge in [0.1, 0.15) is 22.5 Å². The summed E-state index contributed by atoms with van der Waals surface area (Å²) in [4.78, 5) is 7.95. The summed E-state index contributed by atoms with van der Waals surface area (Å²) < 4.78 is 10.4. The van der Waals surface area contributed by atoms with Crippen molar-refractivity contribution in [2.45, 2.75) is 6.10 Å². The number of anilines is 1. The van der Waals surface area contributed by atoms with Crippen LogP contribution in [0.2, 0.25) is 5.15 Å². The van der Waals surface area contributed by atoms with Gasteiger partial charge in [-0.2, -0.15) is 0 Å². The zero-order chi connectivity index (χ0) is 15.2. The molecule has 2 rings (SSSR count). The number of ether oxygens (including phenoxy) is 2. The van der Waals surface area contributed by atoms with Crippen LogP contribution in [0.4, 0.5) is 5.82 Å². The summed E-state index contributed by atoms with van der Waals surface area (Å²) in [5, 5.41) is 13.6. The predicted octanol–water partition coefficient (Wildman–Crippen LogP) is 2.29. The molecule has 0 fully saturated rings. The number of nitrogens with zero attached hydrogens (tertiary/aromatic N) is 2. The smallest absolute Gasteiger partial charge is 0.149 e. The maximum atomic E-state index is 10.3. The third kappa shape index (κ3) is 3.96. The SMILES string of the molecule is COc1ccc(OC)c(C(O)CNc2cncc(Cl)n2)c1. The molecule has 1 unspecified atom stereocenters. The monoisotopic (exact) mass is 309 g/mol. The highest BCUT2D eigenvalue weighted by Crippen LogP contribution is 2.29. The lowest BCUT2D eigenvalue weighted by Gasteiger charge is -2.16. The number of aliphatic hydroxyl groups is 1. The van der Waals surface area contributed by atoms with Crippen LogP contribution in [-0.2, 0) is 0 Å². The Kier molecular flexibility index (Phi) is 5.19. The van der Waals surface area contributed by atoms with E-state index in [2.05, 4.69) is 15.3 Å². The molecule has 0 saturated heterocycles. The first-order valence-electron chi connectivity index (χ1n) is 6.25. The van der Waals surface area contributed by atoms with Crippen LogP contribution in [0.15, 0.2) is 30.6 Å². The van der Waals surface area contributed by atoms with E-state index in [4.69, 9.17) is 21.1 Å². The Morgan fingerprint density at radius 3 is 2.76 bits per heavy atom. The minimum absolute atomic E-state index is 0.235. The first kappa shape index (κ1) is 15.3. The number of aromatic nitrogens is 2. The van der Waals surface area contributed by atoms with Crippen molar-refractivity contribution in [3.8, 4) is 11.5 Å². The van der Waals surface area contributed by atoms with E-state index in [1.54, 1.807) is 32.4 Å². The van der Waals surface area contributed by atoms with Gasteiger partial charge in [0.15, 0.2) is 0 Å². The minimum atomic E-state index is -0.796. The highest BCUT2D eigenvalue weighted by Gasteiger charge is 2.14. The molecule has 2 N–H and O–H groups in total. The molecule has 112 valence electrons. The lowest BCUT2D eigenvalue weighted by atomic mass is 10.1. The van der Waals surface area contributed by atoms with Gasteiger partial charge < -0.3 is 19.9 Å². The van der Waals surface area contributed by atoms with Gasteiger partial charge in [-0.15, -0.1) is 0 Å². The number of hydrogen-bond acceptors (Lipinski definition) is 6. The van der Waals surface area contributed by atoms with Crippen LogP contribution >= 0.6 is 11.6 Å². The normalized spacial score (nSPS) is 11.8. The Hall–Kier alpha value is -2.05. The van der Waals surface area contributed by atoms with Crippen LogP contribution in [-0.4, -0.2) is 35.8 Å². The van der Waals surface area contributed by atoms with Crippen molar-refractivity contribution in [1.29, 1.82) is 0 Å². The fourth-order valence-corrected chi connectivity index (χ4v) is 1.99. The molecule has 1 aromatic heterocycles. The first-order chi connectivity index (χ1) is 10.1. The van der Waals surface area contributed by atoms with Crippen molar-refractivity contribution in [3.63, 3.8) is 0 Å². The number of halogens is 1. The van der Waals surface area contributed by atoms with E-state index in [0.29, 0.717) is 22.9 Å². The Bertz CT molecular complexity index is 610.